The van der Waals surface area contributed by atoms with Gasteiger partial charge in [0.05, 0.1) is 28.8 Å². The number of amides is 1. The van der Waals surface area contributed by atoms with Crippen molar-refractivity contribution in [2.24, 2.45) is 5.92 Å². The zero-order chi connectivity index (χ0) is 21.8. The van der Waals surface area contributed by atoms with Gasteiger partial charge in [-0.3, -0.25) is 9.78 Å². The first kappa shape index (κ1) is 21.5. The molecule has 9 heteroatoms. The van der Waals surface area contributed by atoms with E-state index in [1.54, 1.807) is 12.3 Å². The molecule has 3 aromatic rings. The van der Waals surface area contributed by atoms with Gasteiger partial charge in [0, 0.05) is 31.9 Å². The van der Waals surface area contributed by atoms with Crippen LogP contribution in [-0.4, -0.2) is 44.2 Å². The number of rotatable bonds is 9. The summed E-state index contributed by atoms with van der Waals surface area (Å²) in [7, 11) is 0. The topological polar surface area (TPSA) is 91.2 Å². The number of ether oxygens (including phenoxy) is 2. The maximum atomic E-state index is 11.1. The van der Waals surface area contributed by atoms with Crippen molar-refractivity contribution >= 4 is 28.5 Å². The molecule has 0 saturated heterocycles. The van der Waals surface area contributed by atoms with Crippen LogP contribution in [0.4, 0.5) is 0 Å². The molecule has 1 atom stereocenters. The third-order valence-corrected chi connectivity index (χ3v) is 5.57. The number of pyridine rings is 1. The van der Waals surface area contributed by atoms with Gasteiger partial charge in [0.1, 0.15) is 18.6 Å². The van der Waals surface area contributed by atoms with Gasteiger partial charge in [-0.05, 0) is 43.9 Å². The molecule has 4 rings (SSSR count). The molecule has 164 valence electrons. The molecule has 0 spiro atoms. The van der Waals surface area contributed by atoms with E-state index in [1.165, 1.54) is 13.3 Å². The minimum atomic E-state index is -0.0307. The van der Waals surface area contributed by atoms with E-state index in [0.717, 1.165) is 36.1 Å². The molecule has 0 aliphatic heterocycles. The molecule has 0 bridgehead atoms. The van der Waals surface area contributed by atoms with E-state index in [2.05, 4.69) is 24.8 Å². The summed E-state index contributed by atoms with van der Waals surface area (Å²) in [4.78, 5) is 24.1. The molecule has 1 aliphatic carbocycles. The Morgan fingerprint density at radius 3 is 2.87 bits per heavy atom. The number of carbonyl (C=O) groups is 1. The van der Waals surface area contributed by atoms with Gasteiger partial charge in [-0.2, -0.15) is 0 Å². The summed E-state index contributed by atoms with van der Waals surface area (Å²) in [6, 6.07) is 5.64. The van der Waals surface area contributed by atoms with E-state index in [1.807, 2.05) is 25.3 Å². The van der Waals surface area contributed by atoms with Crippen LogP contribution in [0.3, 0.4) is 0 Å². The molecule has 0 radical (unpaired) electrons. The first-order chi connectivity index (χ1) is 15.0. The van der Waals surface area contributed by atoms with Crippen LogP contribution in [0.2, 0.25) is 5.02 Å². The molecule has 3 heterocycles. The molecular formula is C22H26ClN5O3. The summed E-state index contributed by atoms with van der Waals surface area (Å²) < 4.78 is 13.9. The summed E-state index contributed by atoms with van der Waals surface area (Å²) in [5.41, 5.74) is 1.64. The Labute approximate surface area is 185 Å². The highest BCUT2D eigenvalue weighted by atomic mass is 35.5. The van der Waals surface area contributed by atoms with Gasteiger partial charge in [0.2, 0.25) is 11.8 Å². The Bertz CT molecular complexity index is 1030. The predicted molar refractivity (Wildman–Crippen MR) is 117 cm³/mol. The third-order valence-electron chi connectivity index (χ3n) is 5.34. The van der Waals surface area contributed by atoms with Crippen molar-refractivity contribution in [3.05, 3.63) is 47.6 Å². The molecule has 1 aliphatic rings. The Morgan fingerprint density at radius 2 is 2.13 bits per heavy atom. The normalized spacial score (nSPS) is 19.1. The molecule has 0 aromatic carbocycles. The number of hydrogen-bond acceptors (Lipinski definition) is 6. The van der Waals surface area contributed by atoms with Gasteiger partial charge >= 0.3 is 0 Å². The van der Waals surface area contributed by atoms with E-state index < -0.39 is 0 Å². The fraction of sp³-hybridized carbons (Fsp3) is 0.455. The van der Waals surface area contributed by atoms with E-state index in [4.69, 9.17) is 21.1 Å². The average molecular weight is 444 g/mol. The quantitative estimate of drug-likeness (QED) is 0.545. The Morgan fingerprint density at radius 1 is 1.29 bits per heavy atom. The number of nitrogens with zero attached hydrogens (tertiary/aromatic N) is 4. The number of fused-ring (bicyclic) bond motifs is 1. The Hall–Kier alpha value is -2.71. The average Bonchev–Trinajstić information content (AvgIpc) is 3.12. The minimum absolute atomic E-state index is 0.0307. The SMILES string of the molecule is CC(=O)N[C@@H](C)CO[C@H]1C[C@H](Cn2ccc3c(OCc4ccc(Cl)cn4)ncnc32)C1. The van der Waals surface area contributed by atoms with Crippen molar-refractivity contribution in [3.8, 4) is 5.88 Å². The molecule has 0 unspecified atom stereocenters. The second-order valence-electron chi connectivity index (χ2n) is 8.03. The molecule has 1 N–H and O–H groups in total. The highest BCUT2D eigenvalue weighted by molar-refractivity contribution is 6.30. The number of nitrogens with one attached hydrogen (secondary N) is 1. The third kappa shape index (κ3) is 5.51. The lowest BCUT2D eigenvalue weighted by molar-refractivity contribution is -0.120. The number of carbonyl (C=O) groups excluding carboxylic acids is 1. The zero-order valence-electron chi connectivity index (χ0n) is 17.6. The second-order valence-corrected chi connectivity index (χ2v) is 8.47. The van der Waals surface area contributed by atoms with E-state index in [9.17, 15) is 4.79 Å². The first-order valence-electron chi connectivity index (χ1n) is 10.4. The molecule has 1 saturated carbocycles. The first-order valence-corrected chi connectivity index (χ1v) is 10.8. The number of halogens is 1. The van der Waals surface area contributed by atoms with Gasteiger partial charge in [-0.1, -0.05) is 11.6 Å². The van der Waals surface area contributed by atoms with E-state index in [0.29, 0.717) is 30.0 Å². The van der Waals surface area contributed by atoms with Crippen LogP contribution in [-0.2, 0) is 22.7 Å². The molecule has 1 fully saturated rings. The zero-order valence-corrected chi connectivity index (χ0v) is 18.4. The van der Waals surface area contributed by atoms with Crippen LogP contribution in [0.15, 0.2) is 36.9 Å². The Balaban J connectivity index is 1.30. The van der Waals surface area contributed by atoms with Crippen LogP contribution in [0.25, 0.3) is 11.0 Å². The Kier molecular flexibility index (Phi) is 6.67. The molecule has 8 nitrogen and oxygen atoms in total. The molecule has 3 aromatic heterocycles. The monoisotopic (exact) mass is 443 g/mol. The van der Waals surface area contributed by atoms with E-state index >= 15 is 0 Å². The highest BCUT2D eigenvalue weighted by Gasteiger charge is 2.30. The minimum Gasteiger partial charge on any atom is -0.471 e. The summed E-state index contributed by atoms with van der Waals surface area (Å²) in [6.07, 6.45) is 7.41. The predicted octanol–water partition coefficient (Wildman–Crippen LogP) is 3.38. The summed E-state index contributed by atoms with van der Waals surface area (Å²) >= 11 is 5.88. The van der Waals surface area contributed by atoms with Crippen LogP contribution in [0.5, 0.6) is 5.88 Å². The summed E-state index contributed by atoms with van der Waals surface area (Å²) in [6.45, 7) is 5.20. The van der Waals surface area contributed by atoms with E-state index in [-0.39, 0.29) is 18.1 Å². The molecule has 31 heavy (non-hydrogen) atoms. The van der Waals surface area contributed by atoms with Crippen molar-refractivity contribution < 1.29 is 14.3 Å². The van der Waals surface area contributed by atoms with Crippen LogP contribution < -0.4 is 10.1 Å². The molecule has 1 amide bonds. The highest BCUT2D eigenvalue weighted by Crippen LogP contribution is 2.33. The fourth-order valence-electron chi connectivity index (χ4n) is 3.78. The lowest BCUT2D eigenvalue weighted by Crippen LogP contribution is -2.39. The van der Waals surface area contributed by atoms with Gasteiger partial charge in [-0.15, -0.1) is 0 Å². The number of aromatic nitrogens is 4. The van der Waals surface area contributed by atoms with Crippen LogP contribution in [0, 0.1) is 5.92 Å². The van der Waals surface area contributed by atoms with Crippen molar-refractivity contribution in [1.82, 2.24) is 24.8 Å². The van der Waals surface area contributed by atoms with Gasteiger partial charge < -0.3 is 19.4 Å². The summed E-state index contributed by atoms with van der Waals surface area (Å²) in [5.74, 6) is 1.05. The lowest BCUT2D eigenvalue weighted by Gasteiger charge is -2.36. The lowest BCUT2D eigenvalue weighted by atomic mass is 9.82. The standard InChI is InChI=1S/C22H26ClN5O3/c1-14(27-15(2)29)11-30-19-7-16(8-19)10-28-6-5-20-21(28)25-13-26-22(20)31-12-18-4-3-17(23)9-24-18/h3-6,9,13-14,16,19H,7-8,10-12H2,1-2H3,(H,27,29)/t14-,16-,19-/m0/s1. The molecular weight excluding hydrogens is 418 g/mol. The van der Waals surface area contributed by atoms with Crippen molar-refractivity contribution in [1.29, 1.82) is 0 Å². The van der Waals surface area contributed by atoms with Crippen LogP contribution in [0.1, 0.15) is 32.4 Å². The van der Waals surface area contributed by atoms with Crippen LogP contribution >= 0.6 is 11.6 Å². The number of hydrogen-bond donors (Lipinski definition) is 1. The van der Waals surface area contributed by atoms with Crippen molar-refractivity contribution in [2.45, 2.75) is 52.0 Å². The smallest absolute Gasteiger partial charge is 0.226 e. The van der Waals surface area contributed by atoms with Gasteiger partial charge in [-0.25, -0.2) is 9.97 Å². The van der Waals surface area contributed by atoms with Gasteiger partial charge in [0.15, 0.2) is 0 Å². The second kappa shape index (κ2) is 9.62. The van der Waals surface area contributed by atoms with Crippen molar-refractivity contribution in [2.75, 3.05) is 6.61 Å². The largest absolute Gasteiger partial charge is 0.471 e. The van der Waals surface area contributed by atoms with Gasteiger partial charge in [0.25, 0.3) is 0 Å². The fourth-order valence-corrected chi connectivity index (χ4v) is 3.90. The van der Waals surface area contributed by atoms with Crippen molar-refractivity contribution in [3.63, 3.8) is 0 Å². The maximum absolute atomic E-state index is 11.1. The summed E-state index contributed by atoms with van der Waals surface area (Å²) in [5, 5.41) is 4.31. The maximum Gasteiger partial charge on any atom is 0.226 e.